The lowest BCUT2D eigenvalue weighted by Gasteiger charge is -2.51. The fraction of sp³-hybridized carbons (Fsp3) is 0.737. The summed E-state index contributed by atoms with van der Waals surface area (Å²) in [5.74, 6) is 1.17. The maximum Gasteiger partial charge on any atom is 0.248 e. The molecule has 8 nitrogen and oxygen atoms in total. The Morgan fingerprint density at radius 2 is 2.19 bits per heavy atom. The average molecular weight is 378 g/mol. The normalized spacial score (nSPS) is 25.7. The van der Waals surface area contributed by atoms with Crippen molar-refractivity contribution in [1.82, 2.24) is 14.9 Å². The molecule has 2 saturated heterocycles. The standard InChI is InChI=1S/C19H30N4O4/c1-3-26-12-17(25)22-10-5-8-19(13-22)14-23(11-7-15(19)24)18-20-9-6-16(21-18)27-4-2/h6,9,15,24H,3-5,7-8,10-14H2,1-2H3/t15-,19+/m1/s1. The van der Waals surface area contributed by atoms with Gasteiger partial charge in [-0.05, 0) is 33.1 Å². The van der Waals surface area contributed by atoms with Crippen LogP contribution >= 0.6 is 0 Å². The topological polar surface area (TPSA) is 88.0 Å². The molecule has 2 aliphatic rings. The van der Waals surface area contributed by atoms with Crippen molar-refractivity contribution in [3.8, 4) is 5.88 Å². The second-order valence-corrected chi connectivity index (χ2v) is 7.27. The molecule has 1 aromatic rings. The molecule has 150 valence electrons. The van der Waals surface area contributed by atoms with E-state index in [1.54, 1.807) is 12.3 Å². The van der Waals surface area contributed by atoms with Gasteiger partial charge in [-0.15, -0.1) is 0 Å². The van der Waals surface area contributed by atoms with Gasteiger partial charge in [-0.3, -0.25) is 4.79 Å². The number of hydrogen-bond donors (Lipinski definition) is 1. The van der Waals surface area contributed by atoms with E-state index in [4.69, 9.17) is 9.47 Å². The Labute approximate surface area is 160 Å². The number of ether oxygens (including phenoxy) is 2. The smallest absolute Gasteiger partial charge is 0.248 e. The quantitative estimate of drug-likeness (QED) is 0.793. The highest BCUT2D eigenvalue weighted by molar-refractivity contribution is 5.77. The number of aliphatic hydroxyl groups excluding tert-OH is 1. The van der Waals surface area contributed by atoms with Gasteiger partial charge in [-0.1, -0.05) is 0 Å². The van der Waals surface area contributed by atoms with E-state index in [2.05, 4.69) is 14.9 Å². The predicted octanol–water partition coefficient (Wildman–Crippen LogP) is 1.09. The third kappa shape index (κ3) is 4.50. The molecule has 1 amide bonds. The van der Waals surface area contributed by atoms with Gasteiger partial charge in [0.15, 0.2) is 0 Å². The van der Waals surface area contributed by atoms with E-state index in [0.717, 1.165) is 19.4 Å². The van der Waals surface area contributed by atoms with Gasteiger partial charge in [0.1, 0.15) is 6.61 Å². The van der Waals surface area contributed by atoms with Crippen LogP contribution < -0.4 is 9.64 Å². The molecule has 1 N–H and O–H groups in total. The molecule has 1 spiro atoms. The van der Waals surface area contributed by atoms with E-state index in [1.807, 2.05) is 18.7 Å². The Kier molecular flexibility index (Phi) is 6.49. The van der Waals surface area contributed by atoms with Crippen LogP contribution in [0.2, 0.25) is 0 Å². The van der Waals surface area contributed by atoms with Crippen molar-refractivity contribution in [3.05, 3.63) is 12.3 Å². The van der Waals surface area contributed by atoms with Gasteiger partial charge in [-0.25, -0.2) is 4.98 Å². The molecule has 3 heterocycles. The molecule has 2 aliphatic heterocycles. The van der Waals surface area contributed by atoms with Crippen LogP contribution in [0.3, 0.4) is 0 Å². The summed E-state index contributed by atoms with van der Waals surface area (Å²) in [5, 5.41) is 10.8. The van der Waals surface area contributed by atoms with Crippen LogP contribution in [0.5, 0.6) is 5.88 Å². The second kappa shape index (κ2) is 8.84. The number of carbonyl (C=O) groups is 1. The van der Waals surface area contributed by atoms with Crippen molar-refractivity contribution in [3.63, 3.8) is 0 Å². The zero-order valence-corrected chi connectivity index (χ0v) is 16.3. The summed E-state index contributed by atoms with van der Waals surface area (Å²) in [6, 6.07) is 1.75. The Hall–Kier alpha value is -1.93. The number of aromatic nitrogens is 2. The summed E-state index contributed by atoms with van der Waals surface area (Å²) in [6.45, 7) is 7.55. The molecule has 0 saturated carbocycles. The fourth-order valence-corrected chi connectivity index (χ4v) is 4.09. The molecular formula is C19H30N4O4. The first-order valence-corrected chi connectivity index (χ1v) is 9.82. The third-order valence-electron chi connectivity index (χ3n) is 5.47. The lowest BCUT2D eigenvalue weighted by molar-refractivity contribution is -0.142. The highest BCUT2D eigenvalue weighted by atomic mass is 16.5. The molecule has 1 aromatic heterocycles. The number of aliphatic hydroxyl groups is 1. The van der Waals surface area contributed by atoms with E-state index in [9.17, 15) is 9.90 Å². The first-order chi connectivity index (χ1) is 13.1. The molecule has 2 fully saturated rings. The largest absolute Gasteiger partial charge is 0.478 e. The van der Waals surface area contributed by atoms with Crippen LogP contribution in [0.4, 0.5) is 5.95 Å². The Bertz CT molecular complexity index is 644. The van der Waals surface area contributed by atoms with Gasteiger partial charge >= 0.3 is 0 Å². The van der Waals surface area contributed by atoms with Gasteiger partial charge in [0.05, 0.1) is 12.7 Å². The molecule has 0 bridgehead atoms. The summed E-state index contributed by atoms with van der Waals surface area (Å²) in [5.41, 5.74) is -0.358. The molecule has 0 aromatic carbocycles. The minimum atomic E-state index is -0.438. The van der Waals surface area contributed by atoms with Gasteiger partial charge in [0.25, 0.3) is 0 Å². The van der Waals surface area contributed by atoms with Gasteiger partial charge in [0, 0.05) is 50.5 Å². The van der Waals surface area contributed by atoms with Crippen molar-refractivity contribution < 1.29 is 19.4 Å². The number of anilines is 1. The summed E-state index contributed by atoms with van der Waals surface area (Å²) >= 11 is 0. The Balaban J connectivity index is 1.74. The number of carbonyl (C=O) groups excluding carboxylic acids is 1. The summed E-state index contributed by atoms with van der Waals surface area (Å²) in [6.07, 6.45) is 3.66. The predicted molar refractivity (Wildman–Crippen MR) is 101 cm³/mol. The zero-order valence-electron chi connectivity index (χ0n) is 16.3. The summed E-state index contributed by atoms with van der Waals surface area (Å²) in [7, 11) is 0. The number of rotatable bonds is 6. The zero-order chi connectivity index (χ0) is 19.3. The maximum atomic E-state index is 12.4. The van der Waals surface area contributed by atoms with Crippen molar-refractivity contribution in [2.45, 2.75) is 39.2 Å². The highest BCUT2D eigenvalue weighted by Crippen LogP contribution is 2.39. The van der Waals surface area contributed by atoms with E-state index in [1.165, 1.54) is 0 Å². The molecule has 3 rings (SSSR count). The molecule has 27 heavy (non-hydrogen) atoms. The molecular weight excluding hydrogens is 348 g/mol. The number of piperidine rings is 2. The minimum absolute atomic E-state index is 0.00478. The van der Waals surface area contributed by atoms with Crippen molar-refractivity contribution in [2.75, 3.05) is 50.9 Å². The number of nitrogens with zero attached hydrogens (tertiary/aromatic N) is 4. The number of hydrogen-bond acceptors (Lipinski definition) is 7. The first kappa shape index (κ1) is 19.8. The summed E-state index contributed by atoms with van der Waals surface area (Å²) < 4.78 is 10.8. The van der Waals surface area contributed by atoms with Crippen molar-refractivity contribution >= 4 is 11.9 Å². The van der Waals surface area contributed by atoms with E-state index >= 15 is 0 Å². The van der Waals surface area contributed by atoms with Gasteiger partial charge < -0.3 is 24.4 Å². The van der Waals surface area contributed by atoms with Crippen LogP contribution in [-0.4, -0.2) is 78.0 Å². The number of likely N-dealkylation sites (tertiary alicyclic amines) is 1. The Morgan fingerprint density at radius 3 is 2.96 bits per heavy atom. The van der Waals surface area contributed by atoms with Crippen molar-refractivity contribution in [1.29, 1.82) is 0 Å². The second-order valence-electron chi connectivity index (χ2n) is 7.27. The van der Waals surface area contributed by atoms with E-state index < -0.39 is 6.10 Å². The van der Waals surface area contributed by atoms with Crippen molar-refractivity contribution in [2.24, 2.45) is 5.41 Å². The van der Waals surface area contributed by atoms with Crippen LogP contribution in [0.15, 0.2) is 12.3 Å². The maximum absolute atomic E-state index is 12.4. The molecule has 8 heteroatoms. The van der Waals surface area contributed by atoms with E-state index in [-0.39, 0.29) is 17.9 Å². The third-order valence-corrected chi connectivity index (χ3v) is 5.47. The molecule has 0 aliphatic carbocycles. The van der Waals surface area contributed by atoms with Gasteiger partial charge in [0.2, 0.25) is 17.7 Å². The lowest BCUT2D eigenvalue weighted by atomic mass is 9.71. The van der Waals surface area contributed by atoms with E-state index in [0.29, 0.717) is 51.1 Å². The molecule has 0 radical (unpaired) electrons. The summed E-state index contributed by atoms with van der Waals surface area (Å²) in [4.78, 5) is 25.3. The first-order valence-electron chi connectivity index (χ1n) is 9.82. The average Bonchev–Trinajstić information content (AvgIpc) is 2.69. The molecule has 2 atom stereocenters. The van der Waals surface area contributed by atoms with Crippen LogP contribution in [0, 0.1) is 5.41 Å². The monoisotopic (exact) mass is 378 g/mol. The highest BCUT2D eigenvalue weighted by Gasteiger charge is 2.46. The molecule has 0 unspecified atom stereocenters. The lowest BCUT2D eigenvalue weighted by Crippen LogP contribution is -2.60. The Morgan fingerprint density at radius 1 is 1.33 bits per heavy atom. The fourth-order valence-electron chi connectivity index (χ4n) is 4.09. The van der Waals surface area contributed by atoms with Crippen LogP contribution in [-0.2, 0) is 9.53 Å². The van der Waals surface area contributed by atoms with Crippen LogP contribution in [0.1, 0.15) is 33.1 Å². The number of amides is 1. The SMILES string of the molecule is CCOCC(=O)N1CCC[C@]2(C1)CN(c1nccc(OCC)n1)CC[C@H]2O. The van der Waals surface area contributed by atoms with Crippen LogP contribution in [0.25, 0.3) is 0 Å². The minimum Gasteiger partial charge on any atom is -0.478 e. The van der Waals surface area contributed by atoms with Gasteiger partial charge in [-0.2, -0.15) is 4.98 Å².